The fourth-order valence-electron chi connectivity index (χ4n) is 2.51. The van der Waals surface area contributed by atoms with Gasteiger partial charge in [-0.25, -0.2) is 0 Å². The molecule has 1 heterocycles. The van der Waals surface area contributed by atoms with Crippen molar-refractivity contribution in [3.8, 4) is 0 Å². The second-order valence-corrected chi connectivity index (χ2v) is 4.97. The number of aliphatic hydroxyl groups is 1. The molecule has 0 radical (unpaired) electrons. The van der Waals surface area contributed by atoms with Crippen molar-refractivity contribution in [3.05, 3.63) is 0 Å². The van der Waals surface area contributed by atoms with Gasteiger partial charge in [-0.05, 0) is 26.2 Å². The van der Waals surface area contributed by atoms with E-state index in [1.54, 1.807) is 0 Å². The molecule has 2 rings (SSSR count). The standard InChI is InChI=1S/C11H21NO2/c1-11(6-7-14-8-11)12-9-4-2-3-5-10(9)13/h9-10,12-13H,2-8H2,1H3/t9-,10-,11?/m0/s1. The Morgan fingerprint density at radius 3 is 2.79 bits per heavy atom. The van der Waals surface area contributed by atoms with E-state index in [0.717, 1.165) is 32.5 Å². The first-order valence-electron chi connectivity index (χ1n) is 5.73. The molecule has 1 aliphatic carbocycles. The van der Waals surface area contributed by atoms with Gasteiger partial charge in [-0.3, -0.25) is 0 Å². The summed E-state index contributed by atoms with van der Waals surface area (Å²) >= 11 is 0. The van der Waals surface area contributed by atoms with E-state index in [4.69, 9.17) is 4.74 Å². The first kappa shape index (κ1) is 10.4. The maximum Gasteiger partial charge on any atom is 0.0693 e. The van der Waals surface area contributed by atoms with Crippen LogP contribution in [0.4, 0.5) is 0 Å². The molecule has 0 aromatic carbocycles. The Balaban J connectivity index is 1.88. The van der Waals surface area contributed by atoms with Crippen LogP contribution >= 0.6 is 0 Å². The van der Waals surface area contributed by atoms with Gasteiger partial charge in [0.2, 0.25) is 0 Å². The van der Waals surface area contributed by atoms with E-state index in [1.807, 2.05) is 0 Å². The first-order chi connectivity index (χ1) is 6.70. The van der Waals surface area contributed by atoms with Gasteiger partial charge in [0.05, 0.1) is 12.7 Å². The fraction of sp³-hybridized carbons (Fsp3) is 1.00. The normalized spacial score (nSPS) is 44.1. The van der Waals surface area contributed by atoms with Crippen LogP contribution in [-0.4, -0.2) is 36.0 Å². The molecule has 0 spiro atoms. The lowest BCUT2D eigenvalue weighted by Gasteiger charge is -2.35. The molecule has 0 aromatic heterocycles. The average Bonchev–Trinajstić information content (AvgIpc) is 2.57. The quantitative estimate of drug-likeness (QED) is 0.698. The molecule has 14 heavy (non-hydrogen) atoms. The van der Waals surface area contributed by atoms with Gasteiger partial charge in [0.25, 0.3) is 0 Å². The highest BCUT2D eigenvalue weighted by Gasteiger charge is 2.34. The first-order valence-corrected chi connectivity index (χ1v) is 5.73. The third-order valence-corrected chi connectivity index (χ3v) is 3.48. The Labute approximate surface area is 85.8 Å². The molecule has 1 saturated carbocycles. The van der Waals surface area contributed by atoms with Gasteiger partial charge in [0, 0.05) is 18.2 Å². The summed E-state index contributed by atoms with van der Waals surface area (Å²) in [5.41, 5.74) is 0.100. The summed E-state index contributed by atoms with van der Waals surface area (Å²) in [6.45, 7) is 3.84. The van der Waals surface area contributed by atoms with E-state index in [0.29, 0.717) is 0 Å². The summed E-state index contributed by atoms with van der Waals surface area (Å²) in [4.78, 5) is 0. The molecule has 0 bridgehead atoms. The molecule has 1 saturated heterocycles. The van der Waals surface area contributed by atoms with Crippen molar-refractivity contribution in [2.45, 2.75) is 56.7 Å². The van der Waals surface area contributed by atoms with Gasteiger partial charge >= 0.3 is 0 Å². The molecule has 3 heteroatoms. The maximum absolute atomic E-state index is 9.84. The highest BCUT2D eigenvalue weighted by Crippen LogP contribution is 2.24. The predicted molar refractivity (Wildman–Crippen MR) is 55.2 cm³/mol. The molecule has 3 nitrogen and oxygen atoms in total. The Morgan fingerprint density at radius 2 is 2.14 bits per heavy atom. The van der Waals surface area contributed by atoms with Crippen LogP contribution in [0, 0.1) is 0 Å². The average molecular weight is 199 g/mol. The topological polar surface area (TPSA) is 41.5 Å². The van der Waals surface area contributed by atoms with Crippen LogP contribution in [0.1, 0.15) is 39.0 Å². The van der Waals surface area contributed by atoms with Gasteiger partial charge < -0.3 is 15.2 Å². The summed E-state index contributed by atoms with van der Waals surface area (Å²) < 4.78 is 5.39. The van der Waals surface area contributed by atoms with Crippen molar-refractivity contribution in [2.24, 2.45) is 0 Å². The second kappa shape index (κ2) is 4.17. The van der Waals surface area contributed by atoms with Crippen LogP contribution in [-0.2, 0) is 4.74 Å². The number of nitrogens with one attached hydrogen (secondary N) is 1. The summed E-state index contributed by atoms with van der Waals surface area (Å²) in [7, 11) is 0. The molecular weight excluding hydrogens is 178 g/mol. The number of rotatable bonds is 2. The third kappa shape index (κ3) is 2.27. The zero-order valence-corrected chi connectivity index (χ0v) is 8.96. The minimum atomic E-state index is -0.152. The molecule has 0 amide bonds. The molecule has 2 aliphatic rings. The van der Waals surface area contributed by atoms with Crippen LogP contribution in [0.25, 0.3) is 0 Å². The van der Waals surface area contributed by atoms with Crippen LogP contribution in [0.3, 0.4) is 0 Å². The largest absolute Gasteiger partial charge is 0.392 e. The van der Waals surface area contributed by atoms with E-state index in [-0.39, 0.29) is 17.7 Å². The van der Waals surface area contributed by atoms with Gasteiger partial charge in [0.15, 0.2) is 0 Å². The molecule has 3 atom stereocenters. The second-order valence-electron chi connectivity index (χ2n) is 4.97. The lowest BCUT2D eigenvalue weighted by Crippen LogP contribution is -2.54. The van der Waals surface area contributed by atoms with E-state index < -0.39 is 0 Å². The van der Waals surface area contributed by atoms with Crippen LogP contribution in [0.5, 0.6) is 0 Å². The minimum absolute atomic E-state index is 0.100. The predicted octanol–water partition coefficient (Wildman–Crippen LogP) is 1.06. The fourth-order valence-corrected chi connectivity index (χ4v) is 2.51. The molecule has 82 valence electrons. The number of ether oxygens (including phenoxy) is 1. The zero-order chi connectivity index (χ0) is 10.0. The van der Waals surface area contributed by atoms with Crippen molar-refractivity contribution in [1.82, 2.24) is 5.32 Å². The molecule has 2 fully saturated rings. The Morgan fingerprint density at radius 1 is 1.36 bits per heavy atom. The molecular formula is C11H21NO2. The lowest BCUT2D eigenvalue weighted by molar-refractivity contribution is 0.0695. The van der Waals surface area contributed by atoms with Crippen molar-refractivity contribution in [2.75, 3.05) is 13.2 Å². The van der Waals surface area contributed by atoms with Gasteiger partial charge in [-0.15, -0.1) is 0 Å². The van der Waals surface area contributed by atoms with E-state index >= 15 is 0 Å². The van der Waals surface area contributed by atoms with E-state index in [9.17, 15) is 5.11 Å². The number of hydrogen-bond acceptors (Lipinski definition) is 3. The van der Waals surface area contributed by atoms with E-state index in [1.165, 1.54) is 12.8 Å². The Bertz CT molecular complexity index is 190. The Hall–Kier alpha value is -0.120. The van der Waals surface area contributed by atoms with Gasteiger partial charge in [0.1, 0.15) is 0 Å². The molecule has 1 aliphatic heterocycles. The highest BCUT2D eigenvalue weighted by molar-refractivity contribution is 4.93. The van der Waals surface area contributed by atoms with Crippen LogP contribution in [0.2, 0.25) is 0 Å². The van der Waals surface area contributed by atoms with Gasteiger partial charge in [-0.2, -0.15) is 0 Å². The molecule has 2 N–H and O–H groups in total. The molecule has 0 aromatic rings. The van der Waals surface area contributed by atoms with E-state index in [2.05, 4.69) is 12.2 Å². The van der Waals surface area contributed by atoms with Crippen molar-refractivity contribution in [3.63, 3.8) is 0 Å². The minimum Gasteiger partial charge on any atom is -0.392 e. The monoisotopic (exact) mass is 199 g/mol. The van der Waals surface area contributed by atoms with Crippen LogP contribution < -0.4 is 5.32 Å². The zero-order valence-electron chi connectivity index (χ0n) is 8.96. The van der Waals surface area contributed by atoms with Crippen molar-refractivity contribution in [1.29, 1.82) is 0 Å². The smallest absolute Gasteiger partial charge is 0.0693 e. The van der Waals surface area contributed by atoms with Crippen LogP contribution in [0.15, 0.2) is 0 Å². The maximum atomic E-state index is 9.84. The third-order valence-electron chi connectivity index (χ3n) is 3.48. The lowest BCUT2D eigenvalue weighted by atomic mass is 9.89. The van der Waals surface area contributed by atoms with Crippen molar-refractivity contribution >= 4 is 0 Å². The summed E-state index contributed by atoms with van der Waals surface area (Å²) in [6, 6.07) is 0.287. The Kier molecular flexibility index (Phi) is 3.10. The number of aliphatic hydroxyl groups excluding tert-OH is 1. The summed E-state index contributed by atoms with van der Waals surface area (Å²) in [6.07, 6.45) is 5.39. The SMILES string of the molecule is CC1(N[C@H]2CCCC[C@@H]2O)CCOC1. The number of hydrogen-bond donors (Lipinski definition) is 2. The van der Waals surface area contributed by atoms with Gasteiger partial charge in [-0.1, -0.05) is 12.8 Å². The summed E-state index contributed by atoms with van der Waals surface area (Å²) in [5, 5.41) is 13.4. The molecule has 1 unspecified atom stereocenters. The highest BCUT2D eigenvalue weighted by atomic mass is 16.5. The van der Waals surface area contributed by atoms with Crippen molar-refractivity contribution < 1.29 is 9.84 Å². The summed E-state index contributed by atoms with van der Waals surface area (Å²) in [5.74, 6) is 0.